The third-order valence-electron chi connectivity index (χ3n) is 4.22. The summed E-state index contributed by atoms with van der Waals surface area (Å²) in [6, 6.07) is 14.5. The number of nitrogens with one attached hydrogen (secondary N) is 2. The molecule has 1 unspecified atom stereocenters. The van der Waals surface area contributed by atoms with Crippen LogP contribution in [0, 0.1) is 12.8 Å². The molecule has 1 atom stereocenters. The van der Waals surface area contributed by atoms with Gasteiger partial charge >= 0.3 is 0 Å². The van der Waals surface area contributed by atoms with E-state index in [0.717, 1.165) is 11.1 Å². The molecule has 2 aromatic rings. The van der Waals surface area contributed by atoms with Gasteiger partial charge in [0.05, 0.1) is 0 Å². The van der Waals surface area contributed by atoms with Crippen LogP contribution in [0.3, 0.4) is 0 Å². The molecule has 0 saturated heterocycles. The van der Waals surface area contributed by atoms with Crippen LogP contribution in [0.25, 0.3) is 0 Å². The van der Waals surface area contributed by atoms with Gasteiger partial charge in [0, 0.05) is 17.8 Å². The zero-order valence-electron chi connectivity index (χ0n) is 16.7. The molecule has 0 aliphatic rings. The van der Waals surface area contributed by atoms with Crippen molar-refractivity contribution < 1.29 is 9.59 Å². The van der Waals surface area contributed by atoms with E-state index in [0.29, 0.717) is 23.7 Å². The van der Waals surface area contributed by atoms with Gasteiger partial charge in [-0.05, 0) is 50.7 Å². The predicted octanol–water partition coefficient (Wildman–Crippen LogP) is 3.62. The lowest BCUT2D eigenvalue weighted by Gasteiger charge is -2.24. The molecule has 0 fully saturated rings. The average Bonchev–Trinajstić information content (AvgIpc) is 2.61. The molecule has 5 nitrogen and oxygen atoms in total. The highest BCUT2D eigenvalue weighted by molar-refractivity contribution is 5.98. The van der Waals surface area contributed by atoms with Crippen LogP contribution in [0.15, 0.2) is 48.5 Å². The molecule has 0 spiro atoms. The Kier molecular flexibility index (Phi) is 7.13. The number of rotatable bonds is 7. The highest BCUT2D eigenvalue weighted by Gasteiger charge is 2.23. The number of carbonyl (C=O) groups is 2. The number of likely N-dealkylation sites (N-methyl/N-ethyl adjacent to an activating group) is 1. The first kappa shape index (κ1) is 20.6. The summed E-state index contributed by atoms with van der Waals surface area (Å²) in [6.07, 6.45) is 0. The average molecular weight is 367 g/mol. The van der Waals surface area contributed by atoms with Gasteiger partial charge in [0.25, 0.3) is 5.91 Å². The molecule has 5 heteroatoms. The summed E-state index contributed by atoms with van der Waals surface area (Å²) in [7, 11) is 3.75. The Morgan fingerprint density at radius 3 is 2.30 bits per heavy atom. The molecule has 0 aromatic heterocycles. The summed E-state index contributed by atoms with van der Waals surface area (Å²) >= 11 is 0. The van der Waals surface area contributed by atoms with Crippen LogP contribution in [0.1, 0.15) is 41.4 Å². The molecule has 27 heavy (non-hydrogen) atoms. The monoisotopic (exact) mass is 367 g/mol. The van der Waals surface area contributed by atoms with E-state index >= 15 is 0 Å². The Morgan fingerprint density at radius 2 is 1.70 bits per heavy atom. The van der Waals surface area contributed by atoms with Gasteiger partial charge in [-0.1, -0.05) is 49.7 Å². The van der Waals surface area contributed by atoms with Crippen molar-refractivity contribution in [1.29, 1.82) is 0 Å². The Balaban J connectivity index is 2.14. The number of anilines is 1. The fourth-order valence-corrected chi connectivity index (χ4v) is 2.78. The van der Waals surface area contributed by atoms with Crippen LogP contribution >= 0.6 is 0 Å². The van der Waals surface area contributed by atoms with Gasteiger partial charge in [0.15, 0.2) is 0 Å². The molecule has 2 N–H and O–H groups in total. The van der Waals surface area contributed by atoms with Crippen LogP contribution in [0.2, 0.25) is 0 Å². The van der Waals surface area contributed by atoms with Gasteiger partial charge in [0.1, 0.15) is 6.04 Å². The maximum atomic E-state index is 12.9. The number of amides is 2. The van der Waals surface area contributed by atoms with Crippen molar-refractivity contribution in [3.05, 3.63) is 65.2 Å². The Hall–Kier alpha value is -2.66. The Morgan fingerprint density at radius 1 is 1.04 bits per heavy atom. The highest BCUT2D eigenvalue weighted by atomic mass is 16.2. The summed E-state index contributed by atoms with van der Waals surface area (Å²) in [4.78, 5) is 27.0. The third-order valence-corrected chi connectivity index (χ3v) is 4.22. The van der Waals surface area contributed by atoms with E-state index in [2.05, 4.69) is 10.6 Å². The molecule has 0 aliphatic heterocycles. The fourth-order valence-electron chi connectivity index (χ4n) is 2.78. The number of hydrogen-bond donors (Lipinski definition) is 2. The van der Waals surface area contributed by atoms with Crippen LogP contribution in [0.5, 0.6) is 0 Å². The maximum Gasteiger partial charge on any atom is 0.251 e. The molecule has 0 aliphatic carbocycles. The lowest BCUT2D eigenvalue weighted by atomic mass is 10.0. The topological polar surface area (TPSA) is 61.4 Å². The number of hydrogen-bond acceptors (Lipinski definition) is 3. The van der Waals surface area contributed by atoms with Gasteiger partial charge in [-0.25, -0.2) is 0 Å². The molecule has 0 heterocycles. The molecule has 144 valence electrons. The van der Waals surface area contributed by atoms with Gasteiger partial charge in [-0.15, -0.1) is 0 Å². The molecule has 0 bridgehead atoms. The lowest BCUT2D eigenvalue weighted by Crippen LogP contribution is -2.32. The van der Waals surface area contributed by atoms with E-state index in [1.165, 1.54) is 0 Å². The molecule has 2 aromatic carbocycles. The minimum Gasteiger partial charge on any atom is -0.352 e. The third kappa shape index (κ3) is 5.93. The number of nitrogens with zero attached hydrogens (tertiary/aromatic N) is 1. The maximum absolute atomic E-state index is 12.9. The van der Waals surface area contributed by atoms with Gasteiger partial charge in [0.2, 0.25) is 5.91 Å². The Labute approximate surface area is 161 Å². The van der Waals surface area contributed by atoms with Crippen molar-refractivity contribution in [3.8, 4) is 0 Å². The van der Waals surface area contributed by atoms with Gasteiger partial charge in [-0.3, -0.25) is 14.5 Å². The smallest absolute Gasteiger partial charge is 0.251 e. The molecular formula is C22H29N3O2. The summed E-state index contributed by atoms with van der Waals surface area (Å²) in [5.74, 6) is 0.110. The standard InChI is InChI=1S/C22H29N3O2/c1-15(2)14-23-21(26)18-7-6-8-19(13-18)24-22(27)20(25(4)5)17-11-9-16(3)10-12-17/h6-13,15,20H,14H2,1-5H3,(H,23,26)(H,24,27). The van der Waals surface area contributed by atoms with E-state index in [4.69, 9.17) is 0 Å². The van der Waals surface area contributed by atoms with E-state index < -0.39 is 6.04 Å². The summed E-state index contributed by atoms with van der Waals surface area (Å²) in [6.45, 7) is 6.72. The van der Waals surface area contributed by atoms with Gasteiger partial charge < -0.3 is 10.6 Å². The summed E-state index contributed by atoms with van der Waals surface area (Å²) < 4.78 is 0. The van der Waals surface area contributed by atoms with Gasteiger partial charge in [-0.2, -0.15) is 0 Å². The second-order valence-electron chi connectivity index (χ2n) is 7.45. The number of aryl methyl sites for hydroxylation is 1. The zero-order chi connectivity index (χ0) is 20.0. The van der Waals surface area contributed by atoms with Crippen molar-refractivity contribution in [2.75, 3.05) is 26.0 Å². The van der Waals surface area contributed by atoms with E-state index in [-0.39, 0.29) is 11.8 Å². The van der Waals surface area contributed by atoms with Crippen molar-refractivity contribution in [3.63, 3.8) is 0 Å². The van der Waals surface area contributed by atoms with Crippen LogP contribution in [0.4, 0.5) is 5.69 Å². The quantitative estimate of drug-likeness (QED) is 0.786. The van der Waals surface area contributed by atoms with Crippen LogP contribution in [-0.4, -0.2) is 37.4 Å². The number of benzene rings is 2. The summed E-state index contributed by atoms with van der Waals surface area (Å²) in [5, 5.41) is 5.83. The first-order valence-corrected chi connectivity index (χ1v) is 9.20. The second-order valence-corrected chi connectivity index (χ2v) is 7.45. The number of carbonyl (C=O) groups excluding carboxylic acids is 2. The van der Waals surface area contributed by atoms with E-state index in [1.807, 2.05) is 64.0 Å². The largest absolute Gasteiger partial charge is 0.352 e. The van der Waals surface area contributed by atoms with Crippen molar-refractivity contribution in [2.45, 2.75) is 26.8 Å². The van der Waals surface area contributed by atoms with E-state index in [1.54, 1.807) is 24.3 Å². The van der Waals surface area contributed by atoms with Crippen molar-refractivity contribution in [2.24, 2.45) is 5.92 Å². The predicted molar refractivity (Wildman–Crippen MR) is 110 cm³/mol. The van der Waals surface area contributed by atoms with Crippen LogP contribution in [-0.2, 0) is 4.79 Å². The normalized spacial score (nSPS) is 12.1. The molecule has 0 saturated carbocycles. The van der Waals surface area contributed by atoms with E-state index in [9.17, 15) is 9.59 Å². The first-order valence-electron chi connectivity index (χ1n) is 9.20. The molecule has 0 radical (unpaired) electrons. The van der Waals surface area contributed by atoms with Crippen LogP contribution < -0.4 is 10.6 Å². The molecule has 2 rings (SSSR count). The zero-order valence-corrected chi connectivity index (χ0v) is 16.7. The Bertz CT molecular complexity index is 782. The molecule has 2 amide bonds. The summed E-state index contributed by atoms with van der Waals surface area (Å²) in [5.41, 5.74) is 3.21. The first-order chi connectivity index (χ1) is 12.8. The minimum absolute atomic E-state index is 0.136. The lowest BCUT2D eigenvalue weighted by molar-refractivity contribution is -0.120. The fraction of sp³-hybridized carbons (Fsp3) is 0.364. The molecular weight excluding hydrogens is 338 g/mol. The SMILES string of the molecule is Cc1ccc(C(C(=O)Nc2cccc(C(=O)NCC(C)C)c2)N(C)C)cc1. The van der Waals surface area contributed by atoms with Crippen molar-refractivity contribution in [1.82, 2.24) is 10.2 Å². The highest BCUT2D eigenvalue weighted by Crippen LogP contribution is 2.21. The van der Waals surface area contributed by atoms with Crippen molar-refractivity contribution >= 4 is 17.5 Å². The minimum atomic E-state index is -0.413. The second kappa shape index (κ2) is 9.33.